The fourth-order valence-electron chi connectivity index (χ4n) is 4.25. The van der Waals surface area contributed by atoms with Crippen molar-refractivity contribution < 1.29 is 18.7 Å². The molecule has 3 rings (SSSR count). The highest BCUT2D eigenvalue weighted by molar-refractivity contribution is 8.06. The summed E-state index contributed by atoms with van der Waals surface area (Å²) in [5.74, 6) is 1.78. The van der Waals surface area contributed by atoms with E-state index >= 15 is 0 Å². The summed E-state index contributed by atoms with van der Waals surface area (Å²) >= 11 is 1.63. The molecule has 2 heterocycles. The maximum Gasteiger partial charge on any atom is 0.233 e. The summed E-state index contributed by atoms with van der Waals surface area (Å²) in [5.41, 5.74) is 2.60. The Bertz CT molecular complexity index is 1040. The van der Waals surface area contributed by atoms with Crippen molar-refractivity contribution in [3.05, 3.63) is 81.3 Å². The molecule has 1 aliphatic carbocycles. The van der Waals surface area contributed by atoms with Crippen molar-refractivity contribution in [1.29, 1.82) is 0 Å². The zero-order valence-electron chi connectivity index (χ0n) is 20.7. The second-order valence-electron chi connectivity index (χ2n) is 9.00. The number of amides is 1. The Labute approximate surface area is 207 Å². The summed E-state index contributed by atoms with van der Waals surface area (Å²) in [6.45, 7) is 11.1. The normalized spacial score (nSPS) is 18.1. The van der Waals surface area contributed by atoms with E-state index < -0.39 is 5.41 Å². The van der Waals surface area contributed by atoms with E-state index in [2.05, 4.69) is 13.5 Å². The molecule has 1 aromatic heterocycles. The number of nitrogens with zero attached hydrogens (tertiary/aromatic N) is 1. The van der Waals surface area contributed by atoms with Crippen molar-refractivity contribution in [3.63, 3.8) is 0 Å². The molecule has 0 N–H and O–H groups in total. The summed E-state index contributed by atoms with van der Waals surface area (Å²) in [6, 6.07) is 3.86. The Morgan fingerprint density at radius 1 is 1.32 bits per heavy atom. The fraction of sp³-hybridized carbons (Fsp3) is 0.429. The Balaban J connectivity index is 1.80. The molecule has 0 unspecified atom stereocenters. The number of aldehydes is 1. The summed E-state index contributed by atoms with van der Waals surface area (Å²) in [4.78, 5) is 29.5. The van der Waals surface area contributed by atoms with Gasteiger partial charge in [0.15, 0.2) is 0 Å². The molecular formula is C28H35NO4S. The molecule has 1 amide bonds. The Morgan fingerprint density at radius 3 is 2.68 bits per heavy atom. The number of methoxy groups -OCH3 is 1. The van der Waals surface area contributed by atoms with Gasteiger partial charge >= 0.3 is 0 Å². The first-order chi connectivity index (χ1) is 16.3. The standard InChI is InChI=1S/C28H35NO4S/c1-6-24(32-5)12-11-21(3)28(13-14-28)27(31)29(15-7-9-25-10-8-16-33-25)18-26-20(2)17-23(19-30)22(4)34-26/h6,8,10-12,16,19H,1,7,9,13-15,17-18H2,2-5H3/b21-11+,24-12+. The highest BCUT2D eigenvalue weighted by Gasteiger charge is 2.52. The van der Waals surface area contributed by atoms with Crippen LogP contribution in [-0.2, 0) is 20.7 Å². The predicted molar refractivity (Wildman–Crippen MR) is 138 cm³/mol. The number of carbonyl (C=O) groups excluding carboxylic acids is 2. The van der Waals surface area contributed by atoms with Crippen LogP contribution in [0.5, 0.6) is 0 Å². The van der Waals surface area contributed by atoms with Crippen LogP contribution in [-0.4, -0.2) is 37.3 Å². The number of furan rings is 1. The third-order valence-corrected chi connectivity index (χ3v) is 8.00. The van der Waals surface area contributed by atoms with Gasteiger partial charge in [-0.3, -0.25) is 9.59 Å². The lowest BCUT2D eigenvalue weighted by molar-refractivity contribution is -0.135. The third kappa shape index (κ3) is 6.03. The number of thioether (sulfide) groups is 1. The van der Waals surface area contributed by atoms with Crippen molar-refractivity contribution >= 4 is 24.0 Å². The van der Waals surface area contributed by atoms with E-state index in [-0.39, 0.29) is 5.91 Å². The first kappa shape index (κ1) is 25.9. The first-order valence-corrected chi connectivity index (χ1v) is 12.5. The van der Waals surface area contributed by atoms with Crippen LogP contribution in [0.1, 0.15) is 52.2 Å². The molecule has 182 valence electrons. The molecule has 2 aliphatic rings. The number of ether oxygens (including phenoxy) is 1. The van der Waals surface area contributed by atoms with Crippen molar-refractivity contribution in [2.45, 2.75) is 52.9 Å². The van der Waals surface area contributed by atoms with E-state index in [0.29, 0.717) is 25.3 Å². The summed E-state index contributed by atoms with van der Waals surface area (Å²) in [5, 5.41) is 0. The van der Waals surface area contributed by atoms with Gasteiger partial charge in [0.05, 0.1) is 25.3 Å². The van der Waals surface area contributed by atoms with E-state index in [4.69, 9.17) is 9.15 Å². The highest BCUT2D eigenvalue weighted by Crippen LogP contribution is 2.53. The van der Waals surface area contributed by atoms with Gasteiger partial charge in [-0.05, 0) is 75.6 Å². The van der Waals surface area contributed by atoms with E-state index in [1.807, 2.05) is 43.0 Å². The first-order valence-electron chi connectivity index (χ1n) is 11.7. The van der Waals surface area contributed by atoms with Crippen molar-refractivity contribution in [3.8, 4) is 0 Å². The van der Waals surface area contributed by atoms with Crippen LogP contribution < -0.4 is 0 Å². The second-order valence-corrected chi connectivity index (χ2v) is 10.3. The zero-order chi connectivity index (χ0) is 24.7. The van der Waals surface area contributed by atoms with E-state index in [9.17, 15) is 9.59 Å². The molecular weight excluding hydrogens is 446 g/mol. The minimum Gasteiger partial charge on any atom is -0.497 e. The van der Waals surface area contributed by atoms with Gasteiger partial charge in [-0.25, -0.2) is 0 Å². The lowest BCUT2D eigenvalue weighted by Gasteiger charge is -2.31. The van der Waals surface area contributed by atoms with Gasteiger partial charge in [-0.1, -0.05) is 35.6 Å². The number of aryl methyl sites for hydroxylation is 1. The SMILES string of the molecule is C=C/C(=C\C=C(/C)C1(C(=O)N(CCCc2ccco2)CC2=C(C)CC(C=O)=C(C)S2)CC1)OC. The summed E-state index contributed by atoms with van der Waals surface area (Å²) in [6.07, 6.45) is 12.1. The Hall–Kier alpha value is -2.73. The molecule has 5 nitrogen and oxygen atoms in total. The zero-order valence-corrected chi connectivity index (χ0v) is 21.5. The molecule has 1 saturated carbocycles. The molecule has 0 saturated heterocycles. The largest absolute Gasteiger partial charge is 0.497 e. The molecule has 6 heteroatoms. The van der Waals surface area contributed by atoms with Crippen molar-refractivity contribution in [2.24, 2.45) is 5.41 Å². The molecule has 0 spiro atoms. The van der Waals surface area contributed by atoms with Gasteiger partial charge in [0.1, 0.15) is 17.8 Å². The maximum absolute atomic E-state index is 13.9. The van der Waals surface area contributed by atoms with Crippen molar-refractivity contribution in [1.82, 2.24) is 4.90 Å². The lowest BCUT2D eigenvalue weighted by Crippen LogP contribution is -2.40. The van der Waals surface area contributed by atoms with Gasteiger partial charge in [-0.2, -0.15) is 0 Å². The molecule has 34 heavy (non-hydrogen) atoms. The topological polar surface area (TPSA) is 59.8 Å². The monoisotopic (exact) mass is 481 g/mol. The molecule has 1 fully saturated rings. The van der Waals surface area contributed by atoms with Gasteiger partial charge in [0, 0.05) is 23.4 Å². The quantitative estimate of drug-likeness (QED) is 0.197. The van der Waals surface area contributed by atoms with Crippen LogP contribution in [0, 0.1) is 5.41 Å². The van der Waals surface area contributed by atoms with Gasteiger partial charge in [-0.15, -0.1) is 0 Å². The fourth-order valence-corrected chi connectivity index (χ4v) is 5.34. The molecule has 1 aromatic rings. The van der Waals surface area contributed by atoms with Crippen LogP contribution in [0.2, 0.25) is 0 Å². The van der Waals surface area contributed by atoms with Gasteiger partial charge in [0.25, 0.3) is 0 Å². The van der Waals surface area contributed by atoms with E-state index in [1.54, 1.807) is 31.2 Å². The summed E-state index contributed by atoms with van der Waals surface area (Å²) < 4.78 is 10.8. The van der Waals surface area contributed by atoms with E-state index in [0.717, 1.165) is 59.4 Å². The average molecular weight is 482 g/mol. The molecule has 1 aliphatic heterocycles. The molecule has 0 aromatic carbocycles. The number of allylic oxidation sites excluding steroid dienone is 6. The number of hydrogen-bond acceptors (Lipinski definition) is 5. The Kier molecular flexibility index (Phi) is 8.84. The second kappa shape index (κ2) is 11.6. The van der Waals surface area contributed by atoms with Gasteiger partial charge < -0.3 is 14.1 Å². The number of rotatable bonds is 12. The molecule has 0 bridgehead atoms. The average Bonchev–Trinajstić information content (AvgIpc) is 3.49. The maximum atomic E-state index is 13.9. The highest BCUT2D eigenvalue weighted by atomic mass is 32.2. The van der Waals surface area contributed by atoms with Crippen LogP contribution in [0.25, 0.3) is 0 Å². The minimum absolute atomic E-state index is 0.176. The predicted octanol–water partition coefficient (Wildman–Crippen LogP) is 6.37. The smallest absolute Gasteiger partial charge is 0.233 e. The lowest BCUT2D eigenvalue weighted by atomic mass is 9.94. The Morgan fingerprint density at radius 2 is 2.09 bits per heavy atom. The summed E-state index contributed by atoms with van der Waals surface area (Å²) in [7, 11) is 1.61. The van der Waals surface area contributed by atoms with Gasteiger partial charge in [0.2, 0.25) is 5.91 Å². The van der Waals surface area contributed by atoms with Crippen molar-refractivity contribution in [2.75, 3.05) is 20.2 Å². The molecule has 0 radical (unpaired) electrons. The minimum atomic E-state index is -0.451. The number of hydrogen-bond donors (Lipinski definition) is 0. The molecule has 0 atom stereocenters. The number of carbonyl (C=O) groups is 2. The van der Waals surface area contributed by atoms with E-state index in [1.165, 1.54) is 4.91 Å². The third-order valence-electron chi connectivity index (χ3n) is 6.70. The van der Waals surface area contributed by atoms with Crippen LogP contribution in [0.3, 0.4) is 0 Å². The van der Waals surface area contributed by atoms with Crippen LogP contribution in [0.4, 0.5) is 0 Å². The van der Waals surface area contributed by atoms with Crippen LogP contribution in [0.15, 0.2) is 79.9 Å². The van der Waals surface area contributed by atoms with Crippen LogP contribution >= 0.6 is 11.8 Å².